The fraction of sp³-hybridized carbons (Fsp3) is 0.292. The second-order valence-corrected chi connectivity index (χ2v) is 10.8. The second-order valence-electron chi connectivity index (χ2n) is 7.60. The van der Waals surface area contributed by atoms with Gasteiger partial charge in [-0.3, -0.25) is 4.79 Å². The van der Waals surface area contributed by atoms with Crippen molar-refractivity contribution in [2.75, 3.05) is 12.4 Å². The molecule has 0 spiro atoms. The van der Waals surface area contributed by atoms with Gasteiger partial charge in [-0.2, -0.15) is 0 Å². The van der Waals surface area contributed by atoms with Gasteiger partial charge in [-0.15, -0.1) is 16.8 Å². The first kappa shape index (κ1) is 25.5. The van der Waals surface area contributed by atoms with Crippen LogP contribution in [-0.4, -0.2) is 41.4 Å². The maximum absolute atomic E-state index is 12.9. The highest BCUT2D eigenvalue weighted by atomic mass is 32.2. The number of nitrogens with one attached hydrogen (secondary N) is 1. The number of methoxy groups -OCH3 is 1. The molecule has 0 bridgehead atoms. The maximum Gasteiger partial charge on any atom is 0.237 e. The normalized spacial score (nSPS) is 12.2. The summed E-state index contributed by atoms with van der Waals surface area (Å²) >= 11 is 1.24. The van der Waals surface area contributed by atoms with Gasteiger partial charge in [-0.25, -0.2) is 8.42 Å². The second kappa shape index (κ2) is 11.3. The predicted molar refractivity (Wildman–Crippen MR) is 134 cm³/mol. The molecule has 0 radical (unpaired) electrons. The number of aromatic nitrogens is 3. The number of carbonyl (C=O) groups is 1. The minimum absolute atomic E-state index is 0.181. The smallest absolute Gasteiger partial charge is 0.237 e. The number of allylic oxidation sites excluding steroid dienone is 1. The van der Waals surface area contributed by atoms with Gasteiger partial charge in [0, 0.05) is 12.2 Å². The first-order valence-corrected chi connectivity index (χ1v) is 13.2. The van der Waals surface area contributed by atoms with Crippen LogP contribution in [0.15, 0.2) is 71.2 Å². The molecule has 1 atom stereocenters. The van der Waals surface area contributed by atoms with E-state index >= 15 is 0 Å². The van der Waals surface area contributed by atoms with Gasteiger partial charge in [0.05, 0.1) is 17.3 Å². The lowest BCUT2D eigenvalue weighted by Gasteiger charge is -2.15. The van der Waals surface area contributed by atoms with Gasteiger partial charge >= 0.3 is 0 Å². The van der Waals surface area contributed by atoms with Gasteiger partial charge in [-0.05, 0) is 49.7 Å². The zero-order valence-corrected chi connectivity index (χ0v) is 21.0. The molecule has 1 N–H and O–H groups in total. The van der Waals surface area contributed by atoms with E-state index in [0.29, 0.717) is 35.4 Å². The van der Waals surface area contributed by atoms with Crippen molar-refractivity contribution >= 4 is 33.2 Å². The lowest BCUT2D eigenvalue weighted by molar-refractivity contribution is -0.115. The molecule has 3 rings (SSSR count). The van der Waals surface area contributed by atoms with Crippen LogP contribution < -0.4 is 10.1 Å². The highest BCUT2D eigenvalue weighted by Gasteiger charge is 2.25. The molecule has 10 heteroatoms. The molecule has 0 saturated carbocycles. The summed E-state index contributed by atoms with van der Waals surface area (Å²) in [6.07, 6.45) is 2.19. The summed E-state index contributed by atoms with van der Waals surface area (Å²) < 4.78 is 32.7. The third-order valence-electron chi connectivity index (χ3n) is 5.07. The van der Waals surface area contributed by atoms with Crippen LogP contribution in [0.4, 0.5) is 5.69 Å². The van der Waals surface area contributed by atoms with E-state index in [9.17, 15) is 13.2 Å². The molecule has 3 aromatic rings. The summed E-state index contributed by atoms with van der Waals surface area (Å²) in [7, 11) is -2.03. The van der Waals surface area contributed by atoms with E-state index in [4.69, 9.17) is 4.74 Å². The number of benzene rings is 2. The number of aryl methyl sites for hydroxylation is 1. The molecule has 1 heterocycles. The van der Waals surface area contributed by atoms with Crippen LogP contribution in [0.3, 0.4) is 0 Å². The Morgan fingerprint density at radius 3 is 2.44 bits per heavy atom. The van der Waals surface area contributed by atoms with Crippen LogP contribution in [0.2, 0.25) is 0 Å². The van der Waals surface area contributed by atoms with Crippen molar-refractivity contribution in [2.24, 2.45) is 0 Å². The summed E-state index contributed by atoms with van der Waals surface area (Å²) in [6.45, 7) is 7.89. The molecule has 0 fully saturated rings. The van der Waals surface area contributed by atoms with Gasteiger partial charge in [0.2, 0.25) is 5.91 Å². The minimum atomic E-state index is -3.61. The maximum atomic E-state index is 12.9. The number of rotatable bonds is 11. The molecule has 1 amide bonds. The number of hydrogen-bond acceptors (Lipinski definition) is 7. The molecule has 8 nitrogen and oxygen atoms in total. The number of thioether (sulfide) groups is 1. The molecule has 0 aliphatic rings. The Morgan fingerprint density at radius 2 is 1.85 bits per heavy atom. The fourth-order valence-corrected chi connectivity index (χ4v) is 5.42. The molecule has 1 aromatic heterocycles. The third-order valence-corrected chi connectivity index (χ3v) is 8.05. The van der Waals surface area contributed by atoms with Gasteiger partial charge in [0.25, 0.3) is 0 Å². The van der Waals surface area contributed by atoms with Crippen molar-refractivity contribution in [2.45, 2.75) is 47.9 Å². The highest BCUT2D eigenvalue weighted by Crippen LogP contribution is 2.27. The monoisotopic (exact) mass is 500 g/mol. The number of carbonyl (C=O) groups excluding carboxylic acids is 1. The number of sulfone groups is 1. The van der Waals surface area contributed by atoms with Crippen LogP contribution in [0.1, 0.15) is 24.7 Å². The van der Waals surface area contributed by atoms with Crippen LogP contribution in [-0.2, 0) is 26.9 Å². The van der Waals surface area contributed by atoms with Crippen molar-refractivity contribution < 1.29 is 17.9 Å². The quantitative estimate of drug-likeness (QED) is 0.310. The van der Waals surface area contributed by atoms with E-state index in [0.717, 1.165) is 5.56 Å². The first-order valence-electron chi connectivity index (χ1n) is 10.7. The number of ether oxygens (including phenoxy) is 1. The number of amides is 1. The average molecular weight is 501 g/mol. The summed E-state index contributed by atoms with van der Waals surface area (Å²) in [5.74, 6) is 0.518. The van der Waals surface area contributed by atoms with E-state index in [1.54, 1.807) is 66.3 Å². The topological polar surface area (TPSA) is 103 Å². The summed E-state index contributed by atoms with van der Waals surface area (Å²) in [5.41, 5.74) is 1.63. The number of hydrogen-bond donors (Lipinski definition) is 1. The van der Waals surface area contributed by atoms with E-state index in [-0.39, 0.29) is 16.6 Å². The van der Waals surface area contributed by atoms with Crippen LogP contribution in [0.25, 0.3) is 0 Å². The van der Waals surface area contributed by atoms with E-state index in [2.05, 4.69) is 22.1 Å². The summed E-state index contributed by atoms with van der Waals surface area (Å²) in [6, 6.07) is 13.8. The van der Waals surface area contributed by atoms with Crippen LogP contribution in [0.5, 0.6) is 5.75 Å². The molecule has 2 aromatic carbocycles. The zero-order chi connectivity index (χ0) is 24.7. The molecule has 180 valence electrons. The summed E-state index contributed by atoms with van der Waals surface area (Å²) in [4.78, 5) is 13.1. The molecule has 34 heavy (non-hydrogen) atoms. The van der Waals surface area contributed by atoms with E-state index < -0.39 is 15.1 Å². The Hall–Kier alpha value is -3.11. The van der Waals surface area contributed by atoms with Gasteiger partial charge in [-0.1, -0.05) is 42.5 Å². The predicted octanol–water partition coefficient (Wildman–Crippen LogP) is 4.26. The third kappa shape index (κ3) is 6.27. The van der Waals surface area contributed by atoms with Crippen molar-refractivity contribution in [1.29, 1.82) is 0 Å². The standard InChI is InChI=1S/C24H28N4O4S2/c1-5-15-28-22(16-34(30,31)20-13-7-17(3)8-14-20)26-27-24(28)33-21(6-2)23(29)25-18-9-11-19(32-4)12-10-18/h5,7-14,21H,1,6,15-16H2,2-4H3,(H,25,29). The van der Waals surface area contributed by atoms with Gasteiger partial charge in [0.15, 0.2) is 15.0 Å². The number of nitrogens with zero attached hydrogens (tertiary/aromatic N) is 3. The van der Waals surface area contributed by atoms with Gasteiger partial charge < -0.3 is 14.6 Å². The molecule has 0 aliphatic heterocycles. The van der Waals surface area contributed by atoms with E-state index in [1.807, 2.05) is 13.8 Å². The molecule has 0 saturated heterocycles. The molecule has 1 unspecified atom stereocenters. The molecule has 0 aliphatic carbocycles. The van der Waals surface area contributed by atoms with Gasteiger partial charge in [0.1, 0.15) is 17.3 Å². The average Bonchev–Trinajstić information content (AvgIpc) is 3.18. The Bertz CT molecular complexity index is 1240. The fourth-order valence-electron chi connectivity index (χ4n) is 3.17. The van der Waals surface area contributed by atoms with Crippen molar-refractivity contribution in [3.05, 3.63) is 72.6 Å². The Labute approximate surface area is 204 Å². The number of anilines is 1. The first-order chi connectivity index (χ1) is 16.3. The lowest BCUT2D eigenvalue weighted by Crippen LogP contribution is -2.25. The van der Waals surface area contributed by atoms with Crippen molar-refractivity contribution in [3.8, 4) is 5.75 Å². The largest absolute Gasteiger partial charge is 0.497 e. The SMILES string of the molecule is C=CCn1c(CS(=O)(=O)c2ccc(C)cc2)nnc1SC(CC)C(=O)Nc1ccc(OC)cc1. The van der Waals surface area contributed by atoms with Crippen LogP contribution in [0, 0.1) is 6.92 Å². The lowest BCUT2D eigenvalue weighted by atomic mass is 10.2. The van der Waals surface area contributed by atoms with E-state index in [1.165, 1.54) is 11.8 Å². The molecular formula is C24H28N4O4S2. The summed E-state index contributed by atoms with van der Waals surface area (Å²) in [5, 5.41) is 11.2. The van der Waals surface area contributed by atoms with Crippen LogP contribution >= 0.6 is 11.8 Å². The van der Waals surface area contributed by atoms with Crippen molar-refractivity contribution in [3.63, 3.8) is 0 Å². The Kier molecular flexibility index (Phi) is 8.51. The zero-order valence-electron chi connectivity index (χ0n) is 19.4. The molecular weight excluding hydrogens is 472 g/mol. The van der Waals surface area contributed by atoms with Crippen molar-refractivity contribution in [1.82, 2.24) is 14.8 Å². The Morgan fingerprint density at radius 1 is 1.18 bits per heavy atom. The highest BCUT2D eigenvalue weighted by molar-refractivity contribution is 8.00. The minimum Gasteiger partial charge on any atom is -0.497 e. The Balaban J connectivity index is 1.78.